The predicted molar refractivity (Wildman–Crippen MR) is 152 cm³/mol. The summed E-state index contributed by atoms with van der Waals surface area (Å²) in [4.78, 5) is 31.5. The van der Waals surface area contributed by atoms with E-state index in [1.54, 1.807) is 12.1 Å². The Morgan fingerprint density at radius 2 is 1.92 bits per heavy atom. The van der Waals surface area contributed by atoms with Gasteiger partial charge in [0.2, 0.25) is 10.0 Å². The van der Waals surface area contributed by atoms with Crippen molar-refractivity contribution in [2.24, 2.45) is 10.1 Å². The molecule has 0 saturated carbocycles. The molecule has 38 heavy (non-hydrogen) atoms. The minimum absolute atomic E-state index is 0.479. The van der Waals surface area contributed by atoms with Gasteiger partial charge in [0.1, 0.15) is 5.84 Å². The topological polar surface area (TPSA) is 121 Å². The van der Waals surface area contributed by atoms with Crippen LogP contribution in [0.4, 0.5) is 21.0 Å². The number of nitrogens with zero attached hydrogens (tertiary/aromatic N) is 4. The summed E-state index contributed by atoms with van der Waals surface area (Å²) in [6, 6.07) is 13.2. The highest BCUT2D eigenvalue weighted by atomic mass is 32.2. The van der Waals surface area contributed by atoms with Gasteiger partial charge in [-0.2, -0.15) is 5.10 Å². The number of sulfonamides is 1. The van der Waals surface area contributed by atoms with E-state index in [1.165, 1.54) is 7.11 Å². The average Bonchev–Trinajstić information content (AvgIpc) is 2.85. The molecule has 0 aliphatic carbocycles. The first kappa shape index (κ1) is 27.6. The molecule has 0 bridgehead atoms. The number of carbonyl (C=O) groups excluding carboxylic acids is 2. The average molecular weight is 558 g/mol. The van der Waals surface area contributed by atoms with Gasteiger partial charge in [-0.1, -0.05) is 6.07 Å². The summed E-state index contributed by atoms with van der Waals surface area (Å²) in [6.45, 7) is 7.15. The minimum Gasteiger partial charge on any atom is -0.451 e. The van der Waals surface area contributed by atoms with Crippen molar-refractivity contribution in [1.29, 1.82) is 0 Å². The van der Waals surface area contributed by atoms with Crippen LogP contribution >= 0.6 is 11.8 Å². The van der Waals surface area contributed by atoms with Gasteiger partial charge < -0.3 is 9.64 Å². The van der Waals surface area contributed by atoms with Gasteiger partial charge in [0.15, 0.2) is 0 Å². The van der Waals surface area contributed by atoms with Crippen molar-refractivity contribution in [3.05, 3.63) is 59.2 Å². The molecular weight excluding hydrogens is 526 g/mol. The Morgan fingerprint density at radius 3 is 2.55 bits per heavy atom. The largest absolute Gasteiger partial charge is 0.451 e. The van der Waals surface area contributed by atoms with E-state index in [4.69, 9.17) is 9.73 Å². The number of hydrazone groups is 1. The maximum Gasteiger partial charge on any atom is 0.438 e. The van der Waals surface area contributed by atoms with Crippen LogP contribution in [0.15, 0.2) is 52.6 Å². The number of ether oxygens (including phenoxy) is 1. The molecular formula is C26H31N5O5S2. The maximum absolute atomic E-state index is 12.5. The maximum atomic E-state index is 12.5. The molecule has 10 nitrogen and oxygen atoms in total. The number of amides is 2. The van der Waals surface area contributed by atoms with Crippen molar-refractivity contribution >= 4 is 56.0 Å². The number of fused-ring (bicyclic) bond motifs is 1. The fourth-order valence-corrected chi connectivity index (χ4v) is 5.98. The fraction of sp³-hybridized carbons (Fsp3) is 0.385. The second-order valence-corrected chi connectivity index (χ2v) is 12.8. The zero-order valence-corrected chi connectivity index (χ0v) is 23.6. The van der Waals surface area contributed by atoms with E-state index >= 15 is 0 Å². The van der Waals surface area contributed by atoms with E-state index in [2.05, 4.69) is 20.8 Å². The van der Waals surface area contributed by atoms with Crippen LogP contribution in [0.3, 0.4) is 0 Å². The fourth-order valence-electron chi connectivity index (χ4n) is 4.53. The Bertz CT molecular complexity index is 1420. The van der Waals surface area contributed by atoms with E-state index in [9.17, 15) is 18.0 Å². The van der Waals surface area contributed by atoms with E-state index in [1.807, 2.05) is 45.0 Å². The number of anilines is 2. The van der Waals surface area contributed by atoms with Crippen LogP contribution in [0.2, 0.25) is 0 Å². The summed E-state index contributed by atoms with van der Waals surface area (Å²) in [5, 5.41) is 4.68. The Hall–Kier alpha value is -3.38. The van der Waals surface area contributed by atoms with E-state index < -0.39 is 26.1 Å². The van der Waals surface area contributed by atoms with Crippen LogP contribution in [0.25, 0.3) is 0 Å². The lowest BCUT2D eigenvalue weighted by Gasteiger charge is -2.35. The van der Waals surface area contributed by atoms with Crippen molar-refractivity contribution in [3.63, 3.8) is 0 Å². The van der Waals surface area contributed by atoms with Gasteiger partial charge in [0, 0.05) is 30.0 Å². The number of aliphatic imine (C=N–C) groups is 1. The first-order valence-corrected chi connectivity index (χ1v) is 14.9. The molecule has 1 N–H and O–H groups in total. The molecule has 2 aliphatic rings. The molecule has 0 spiro atoms. The van der Waals surface area contributed by atoms with Crippen LogP contribution < -0.4 is 9.62 Å². The molecule has 0 fully saturated rings. The number of thioether (sulfide) groups is 1. The number of nitrogens with one attached hydrogen (secondary N) is 1. The SMILES string of the molecule is CCN=C(c1ccc(NS(C)(=O)=O)cc1)N1CCCc2cc(C3=NN(C(=O)OC)C(=O)SC3(C)C)ccc21. The highest BCUT2D eigenvalue weighted by Gasteiger charge is 2.40. The van der Waals surface area contributed by atoms with E-state index in [-0.39, 0.29) is 0 Å². The quantitative estimate of drug-likeness (QED) is 0.418. The third-order valence-corrected chi connectivity index (χ3v) is 7.77. The molecule has 12 heteroatoms. The Kier molecular flexibility index (Phi) is 7.84. The lowest BCUT2D eigenvalue weighted by atomic mass is 9.93. The first-order chi connectivity index (χ1) is 17.9. The van der Waals surface area contributed by atoms with Crippen molar-refractivity contribution in [2.75, 3.05) is 36.1 Å². The molecule has 0 atom stereocenters. The van der Waals surface area contributed by atoms with Crippen LogP contribution in [0.5, 0.6) is 0 Å². The van der Waals surface area contributed by atoms with Gasteiger partial charge in [0.25, 0.3) is 0 Å². The highest BCUT2D eigenvalue weighted by Crippen LogP contribution is 2.38. The molecule has 4 rings (SSSR count). The zero-order valence-electron chi connectivity index (χ0n) is 22.0. The number of aryl methyl sites for hydroxylation is 1. The number of amidine groups is 1. The van der Waals surface area contributed by atoms with Crippen LogP contribution in [0.1, 0.15) is 43.9 Å². The zero-order chi connectivity index (χ0) is 27.7. The lowest BCUT2D eigenvalue weighted by molar-refractivity contribution is 0.136. The molecule has 202 valence electrons. The van der Waals surface area contributed by atoms with Crippen LogP contribution in [-0.4, -0.2) is 67.5 Å². The summed E-state index contributed by atoms with van der Waals surface area (Å²) in [5.74, 6) is 0.806. The number of benzene rings is 2. The molecule has 2 aromatic rings. The van der Waals surface area contributed by atoms with E-state index in [0.717, 1.165) is 70.6 Å². The number of carbonyl (C=O) groups is 2. The molecule has 2 heterocycles. The molecule has 2 aliphatic heterocycles. The van der Waals surface area contributed by atoms with Gasteiger partial charge in [-0.25, -0.2) is 13.2 Å². The first-order valence-electron chi connectivity index (χ1n) is 12.2. The van der Waals surface area contributed by atoms with Crippen molar-refractivity contribution in [3.8, 4) is 0 Å². The third-order valence-electron chi connectivity index (χ3n) is 6.11. The third kappa shape index (κ3) is 5.86. The van der Waals surface area contributed by atoms with Crippen molar-refractivity contribution < 1.29 is 22.7 Å². The lowest BCUT2D eigenvalue weighted by Crippen LogP contribution is -2.43. The number of rotatable bonds is 5. The van der Waals surface area contributed by atoms with Gasteiger partial charge in [0.05, 0.1) is 23.8 Å². The standard InChI is InChI=1S/C26H31N5O5S2/c1-6-27-23(17-9-12-20(13-10-17)29-38(5,34)35)30-15-7-8-18-16-19(11-14-21(18)30)22-26(2,3)37-25(33)31(28-22)24(32)36-4/h9-14,16,29H,6-8,15H2,1-5H3. The van der Waals surface area contributed by atoms with Gasteiger partial charge in [-0.05, 0) is 92.9 Å². The van der Waals surface area contributed by atoms with Gasteiger partial charge >= 0.3 is 11.3 Å². The Balaban J connectivity index is 1.70. The molecule has 2 aromatic carbocycles. The number of methoxy groups -OCH3 is 1. The highest BCUT2D eigenvalue weighted by molar-refractivity contribution is 8.15. The summed E-state index contributed by atoms with van der Waals surface area (Å²) in [7, 11) is -2.15. The van der Waals surface area contributed by atoms with E-state index in [0.29, 0.717) is 17.9 Å². The number of imide groups is 1. The monoisotopic (exact) mass is 557 g/mol. The Labute approximate surface area is 227 Å². The number of hydrogen-bond donors (Lipinski definition) is 1. The summed E-state index contributed by atoms with van der Waals surface area (Å²) in [6.07, 6.45) is 2.06. The van der Waals surface area contributed by atoms with Gasteiger partial charge in [-0.3, -0.25) is 14.5 Å². The van der Waals surface area contributed by atoms with Crippen LogP contribution in [0, 0.1) is 0 Å². The van der Waals surface area contributed by atoms with Crippen molar-refractivity contribution in [2.45, 2.75) is 38.4 Å². The second-order valence-electron chi connectivity index (χ2n) is 9.46. The predicted octanol–water partition coefficient (Wildman–Crippen LogP) is 4.70. The normalized spacial score (nSPS) is 17.6. The molecule has 0 unspecified atom stereocenters. The summed E-state index contributed by atoms with van der Waals surface area (Å²) in [5.41, 5.74) is 4.94. The molecule has 2 amide bonds. The summed E-state index contributed by atoms with van der Waals surface area (Å²) >= 11 is 1.03. The molecule has 0 radical (unpaired) electrons. The second kappa shape index (κ2) is 10.8. The Morgan fingerprint density at radius 1 is 1.21 bits per heavy atom. The molecule has 0 aromatic heterocycles. The smallest absolute Gasteiger partial charge is 0.438 e. The molecule has 0 saturated heterocycles. The van der Waals surface area contributed by atoms with Crippen LogP contribution in [-0.2, 0) is 21.2 Å². The van der Waals surface area contributed by atoms with Crippen molar-refractivity contribution in [1.82, 2.24) is 5.01 Å². The number of hydrogen-bond acceptors (Lipinski definition) is 8. The van der Waals surface area contributed by atoms with Gasteiger partial charge in [-0.15, -0.1) is 5.01 Å². The summed E-state index contributed by atoms with van der Waals surface area (Å²) < 4.78 is 29.7. The minimum atomic E-state index is -3.36.